The van der Waals surface area contributed by atoms with E-state index in [4.69, 9.17) is 4.74 Å². The van der Waals surface area contributed by atoms with Crippen molar-refractivity contribution in [3.8, 4) is 11.5 Å². The van der Waals surface area contributed by atoms with Crippen LogP contribution >= 0.6 is 11.8 Å². The lowest BCUT2D eigenvalue weighted by Gasteiger charge is -2.12. The van der Waals surface area contributed by atoms with Crippen molar-refractivity contribution in [2.24, 2.45) is 0 Å². The molecule has 4 nitrogen and oxygen atoms in total. The van der Waals surface area contributed by atoms with E-state index in [-0.39, 0.29) is 23.1 Å². The summed E-state index contributed by atoms with van der Waals surface area (Å²) < 4.78 is 34.8. The zero-order valence-corrected chi connectivity index (χ0v) is 15.4. The first kappa shape index (κ1) is 20.0. The first-order valence-electron chi connectivity index (χ1n) is 8.07. The molecule has 26 heavy (non-hydrogen) atoms. The summed E-state index contributed by atoms with van der Waals surface area (Å²) in [7, 11) is 0. The van der Waals surface area contributed by atoms with E-state index in [0.29, 0.717) is 12.4 Å². The first-order valence-corrected chi connectivity index (χ1v) is 9.22. The van der Waals surface area contributed by atoms with Gasteiger partial charge in [0.1, 0.15) is 11.5 Å². The smallest absolute Gasteiger partial charge is 0.387 e. The van der Waals surface area contributed by atoms with Gasteiger partial charge in [-0.25, -0.2) is 0 Å². The van der Waals surface area contributed by atoms with Crippen LogP contribution in [-0.4, -0.2) is 30.6 Å². The highest BCUT2D eigenvalue weighted by molar-refractivity contribution is 7.99. The molecule has 0 fully saturated rings. The highest BCUT2D eigenvalue weighted by Gasteiger charge is 2.11. The molecule has 7 heteroatoms. The van der Waals surface area contributed by atoms with E-state index in [0.717, 1.165) is 16.9 Å². The normalized spacial score (nSPS) is 10.7. The fourth-order valence-electron chi connectivity index (χ4n) is 2.19. The highest BCUT2D eigenvalue weighted by atomic mass is 32.2. The molecule has 0 radical (unpaired) electrons. The molecule has 0 unspecified atom stereocenters. The second kappa shape index (κ2) is 10.0. The lowest BCUT2D eigenvalue weighted by Crippen LogP contribution is -2.16. The number of hydrogen-bond donors (Lipinski definition) is 1. The monoisotopic (exact) mass is 381 g/mol. The van der Waals surface area contributed by atoms with Crippen molar-refractivity contribution in [3.63, 3.8) is 0 Å². The van der Waals surface area contributed by atoms with Crippen LogP contribution in [0.5, 0.6) is 11.5 Å². The van der Waals surface area contributed by atoms with Crippen molar-refractivity contribution in [2.75, 3.05) is 23.4 Å². The molecule has 2 aromatic carbocycles. The lowest BCUT2D eigenvalue weighted by atomic mass is 10.1. The van der Waals surface area contributed by atoms with Gasteiger partial charge in [0.25, 0.3) is 0 Å². The van der Waals surface area contributed by atoms with Crippen LogP contribution in [0.3, 0.4) is 0 Å². The number of nitrogens with one attached hydrogen (secondary N) is 1. The zero-order valence-electron chi connectivity index (χ0n) is 14.6. The summed E-state index contributed by atoms with van der Waals surface area (Å²) in [6, 6.07) is 12.1. The minimum Gasteiger partial charge on any atom is -0.492 e. The Bertz CT molecular complexity index is 740. The number of hydrogen-bond acceptors (Lipinski definition) is 4. The van der Waals surface area contributed by atoms with Crippen LogP contribution in [0.1, 0.15) is 11.1 Å². The Hall–Kier alpha value is -2.28. The average molecular weight is 381 g/mol. The minimum absolute atomic E-state index is 0.0564. The molecule has 0 spiro atoms. The molecule has 0 heterocycles. The molecule has 0 saturated heterocycles. The molecule has 0 aliphatic carbocycles. The standard InChI is InChI=1S/C19H21F2NO3S/c1-13-7-8-14(2)17(11-13)24-9-10-26-12-18(23)22-15-5-3-4-6-16(15)25-19(20)21/h3-8,11,19H,9-10,12H2,1-2H3,(H,22,23). The van der Waals surface area contributed by atoms with E-state index in [9.17, 15) is 13.6 Å². The predicted molar refractivity (Wildman–Crippen MR) is 100 cm³/mol. The summed E-state index contributed by atoms with van der Waals surface area (Å²) in [5, 5.41) is 2.58. The van der Waals surface area contributed by atoms with Crippen LogP contribution in [-0.2, 0) is 4.79 Å². The molecule has 2 aromatic rings. The van der Waals surface area contributed by atoms with Gasteiger partial charge in [-0.2, -0.15) is 8.78 Å². The zero-order chi connectivity index (χ0) is 18.9. The minimum atomic E-state index is -2.94. The molecule has 0 bridgehead atoms. The molecule has 140 valence electrons. The van der Waals surface area contributed by atoms with Crippen LogP contribution in [0.25, 0.3) is 0 Å². The number of amides is 1. The van der Waals surface area contributed by atoms with Crippen LogP contribution in [0.15, 0.2) is 42.5 Å². The number of benzene rings is 2. The Morgan fingerprint density at radius 1 is 1.15 bits per heavy atom. The molecule has 2 rings (SSSR count). The number of halogens is 2. The third kappa shape index (κ3) is 6.55. The molecule has 0 aromatic heterocycles. The summed E-state index contributed by atoms with van der Waals surface area (Å²) in [4.78, 5) is 12.0. The summed E-state index contributed by atoms with van der Waals surface area (Å²) in [6.45, 7) is 1.52. The van der Waals surface area contributed by atoms with Crippen molar-refractivity contribution in [1.29, 1.82) is 0 Å². The molecule has 0 atom stereocenters. The number of carbonyl (C=O) groups excluding carboxylic acids is 1. The Morgan fingerprint density at radius 2 is 1.92 bits per heavy atom. The maximum Gasteiger partial charge on any atom is 0.387 e. The maximum atomic E-state index is 12.4. The Kier molecular flexibility index (Phi) is 7.72. The summed E-state index contributed by atoms with van der Waals surface area (Å²) in [6.07, 6.45) is 0. The maximum absolute atomic E-state index is 12.4. The largest absolute Gasteiger partial charge is 0.492 e. The van der Waals surface area contributed by atoms with Crippen LogP contribution in [0, 0.1) is 13.8 Å². The Morgan fingerprint density at radius 3 is 2.69 bits per heavy atom. The highest BCUT2D eigenvalue weighted by Crippen LogP contribution is 2.25. The number of para-hydroxylation sites is 2. The third-order valence-electron chi connectivity index (χ3n) is 3.44. The molecule has 1 N–H and O–H groups in total. The van der Waals surface area contributed by atoms with E-state index >= 15 is 0 Å². The van der Waals surface area contributed by atoms with Gasteiger partial charge in [-0.15, -0.1) is 11.8 Å². The van der Waals surface area contributed by atoms with E-state index in [1.807, 2.05) is 32.0 Å². The number of thioether (sulfide) groups is 1. The molecular weight excluding hydrogens is 360 g/mol. The number of aryl methyl sites for hydroxylation is 2. The third-order valence-corrected chi connectivity index (χ3v) is 4.36. The van der Waals surface area contributed by atoms with E-state index in [1.165, 1.54) is 23.9 Å². The van der Waals surface area contributed by atoms with E-state index < -0.39 is 6.61 Å². The number of rotatable bonds is 9. The number of alkyl halides is 2. The average Bonchev–Trinajstić information content (AvgIpc) is 2.59. The summed E-state index contributed by atoms with van der Waals surface area (Å²) in [5.41, 5.74) is 2.42. The number of carbonyl (C=O) groups is 1. The van der Waals surface area contributed by atoms with Gasteiger partial charge in [0.2, 0.25) is 5.91 Å². The van der Waals surface area contributed by atoms with Crippen molar-refractivity contribution >= 4 is 23.4 Å². The second-order valence-electron chi connectivity index (χ2n) is 5.59. The van der Waals surface area contributed by atoms with Crippen molar-refractivity contribution in [3.05, 3.63) is 53.6 Å². The predicted octanol–water partition coefficient (Wildman–Crippen LogP) is 4.66. The van der Waals surface area contributed by atoms with Gasteiger partial charge in [-0.05, 0) is 43.2 Å². The number of ether oxygens (including phenoxy) is 2. The molecule has 0 saturated carbocycles. The Labute approximate surface area is 155 Å². The van der Waals surface area contributed by atoms with E-state index in [2.05, 4.69) is 10.1 Å². The van der Waals surface area contributed by atoms with Gasteiger partial charge in [0, 0.05) is 5.75 Å². The van der Waals surface area contributed by atoms with Crippen LogP contribution in [0.4, 0.5) is 14.5 Å². The molecule has 0 aliphatic rings. The van der Waals surface area contributed by atoms with Gasteiger partial charge >= 0.3 is 6.61 Å². The molecule has 0 aliphatic heterocycles. The van der Waals surface area contributed by atoms with Crippen molar-refractivity contribution in [2.45, 2.75) is 20.5 Å². The molecular formula is C19H21F2NO3S. The van der Waals surface area contributed by atoms with Crippen LogP contribution < -0.4 is 14.8 Å². The first-order chi connectivity index (χ1) is 12.5. The van der Waals surface area contributed by atoms with E-state index in [1.54, 1.807) is 12.1 Å². The van der Waals surface area contributed by atoms with Gasteiger partial charge in [0.15, 0.2) is 0 Å². The van der Waals surface area contributed by atoms with Crippen molar-refractivity contribution in [1.82, 2.24) is 0 Å². The topological polar surface area (TPSA) is 47.6 Å². The van der Waals surface area contributed by atoms with Gasteiger partial charge in [0.05, 0.1) is 18.0 Å². The summed E-state index contributed by atoms with van der Waals surface area (Å²) >= 11 is 1.40. The second-order valence-corrected chi connectivity index (χ2v) is 6.70. The fourth-order valence-corrected chi connectivity index (χ4v) is 2.80. The summed E-state index contributed by atoms with van der Waals surface area (Å²) in [5.74, 6) is 1.33. The van der Waals surface area contributed by atoms with Gasteiger partial charge in [-0.1, -0.05) is 24.3 Å². The Balaban J connectivity index is 1.73. The number of anilines is 1. The van der Waals surface area contributed by atoms with Crippen molar-refractivity contribution < 1.29 is 23.0 Å². The van der Waals surface area contributed by atoms with Gasteiger partial charge in [-0.3, -0.25) is 4.79 Å². The quantitative estimate of drug-likeness (QED) is 0.642. The lowest BCUT2D eigenvalue weighted by molar-refractivity contribution is -0.113. The van der Waals surface area contributed by atoms with Gasteiger partial charge < -0.3 is 14.8 Å². The SMILES string of the molecule is Cc1ccc(C)c(OCCSCC(=O)Nc2ccccc2OC(F)F)c1. The fraction of sp³-hybridized carbons (Fsp3) is 0.316. The molecule has 1 amide bonds. The van der Waals surface area contributed by atoms with Crippen LogP contribution in [0.2, 0.25) is 0 Å².